The first-order chi connectivity index (χ1) is 8.71. The lowest BCUT2D eigenvalue weighted by Crippen LogP contribution is -2.46. The Morgan fingerprint density at radius 3 is 2.26 bits per heavy atom. The van der Waals surface area contributed by atoms with Crippen LogP contribution in [0.25, 0.3) is 0 Å². The maximum atomic E-state index is 11.6. The highest BCUT2D eigenvalue weighted by molar-refractivity contribution is 5.77. The molecule has 0 aromatic carbocycles. The Balaban J connectivity index is 2.63. The van der Waals surface area contributed by atoms with Crippen LogP contribution in [0, 0.1) is 11.3 Å². The first-order valence-electron chi connectivity index (χ1n) is 6.91. The Hall–Kier alpha value is -1.26. The second kappa shape index (κ2) is 5.80. The molecule has 5 heteroatoms. The predicted molar refractivity (Wildman–Crippen MR) is 71.9 cm³/mol. The molecule has 0 aromatic rings. The van der Waals surface area contributed by atoms with Gasteiger partial charge in [0.15, 0.2) is 0 Å². The molecule has 1 saturated carbocycles. The molecule has 0 radical (unpaired) electrons. The molecule has 0 saturated heterocycles. The van der Waals surface area contributed by atoms with Gasteiger partial charge >= 0.3 is 12.1 Å². The van der Waals surface area contributed by atoms with E-state index in [9.17, 15) is 14.7 Å². The highest BCUT2D eigenvalue weighted by Crippen LogP contribution is 2.48. The van der Waals surface area contributed by atoms with Crippen molar-refractivity contribution in [2.75, 3.05) is 6.54 Å². The van der Waals surface area contributed by atoms with E-state index in [2.05, 4.69) is 5.32 Å². The number of carboxylic acid groups (broad SMARTS) is 1. The lowest BCUT2D eigenvalue weighted by molar-refractivity contribution is -0.150. The second-order valence-corrected chi connectivity index (χ2v) is 6.34. The van der Waals surface area contributed by atoms with Crippen LogP contribution in [0.2, 0.25) is 0 Å². The highest BCUT2D eigenvalue weighted by Gasteiger charge is 2.50. The number of ether oxygens (including phenoxy) is 1. The summed E-state index contributed by atoms with van der Waals surface area (Å²) in [5.41, 5.74) is -1.40. The van der Waals surface area contributed by atoms with Gasteiger partial charge in [-0.15, -0.1) is 0 Å². The summed E-state index contributed by atoms with van der Waals surface area (Å²) in [5.74, 6) is -0.632. The first-order valence-corrected chi connectivity index (χ1v) is 6.91. The fourth-order valence-corrected chi connectivity index (χ4v) is 2.42. The Kier molecular flexibility index (Phi) is 4.82. The van der Waals surface area contributed by atoms with E-state index in [1.807, 2.05) is 6.92 Å². The fourth-order valence-electron chi connectivity index (χ4n) is 2.42. The summed E-state index contributed by atoms with van der Waals surface area (Å²) in [6.45, 7) is 7.46. The number of nitrogens with one attached hydrogen (secondary N) is 1. The number of rotatable bonds is 6. The third-order valence-corrected chi connectivity index (χ3v) is 3.43. The van der Waals surface area contributed by atoms with Gasteiger partial charge in [-0.05, 0) is 46.0 Å². The van der Waals surface area contributed by atoms with Gasteiger partial charge in [0, 0.05) is 6.54 Å². The molecule has 1 aliphatic carbocycles. The van der Waals surface area contributed by atoms with Gasteiger partial charge in [-0.25, -0.2) is 4.79 Å². The summed E-state index contributed by atoms with van der Waals surface area (Å²) in [7, 11) is 0. The molecule has 5 nitrogen and oxygen atoms in total. The van der Waals surface area contributed by atoms with Crippen LogP contribution in [0.4, 0.5) is 4.79 Å². The standard InChI is InChI=1S/C14H25NO4/c1-5-8-14(11(16)17,10-6-7-10)9-15-12(18)19-13(2,3)4/h10H,5-9H2,1-4H3,(H,15,18)(H,16,17). The van der Waals surface area contributed by atoms with Crippen LogP contribution in [0.3, 0.4) is 0 Å². The molecule has 1 atom stereocenters. The van der Waals surface area contributed by atoms with Crippen molar-refractivity contribution in [3.8, 4) is 0 Å². The van der Waals surface area contributed by atoms with E-state index in [-0.39, 0.29) is 12.5 Å². The van der Waals surface area contributed by atoms with Crippen molar-refractivity contribution >= 4 is 12.1 Å². The quantitative estimate of drug-likeness (QED) is 0.779. The minimum absolute atomic E-state index is 0.149. The van der Waals surface area contributed by atoms with Crippen molar-refractivity contribution in [2.45, 2.75) is 59.0 Å². The van der Waals surface area contributed by atoms with Crippen LogP contribution in [-0.2, 0) is 9.53 Å². The molecule has 1 amide bonds. The van der Waals surface area contributed by atoms with Gasteiger partial charge in [0.25, 0.3) is 0 Å². The van der Waals surface area contributed by atoms with E-state index >= 15 is 0 Å². The van der Waals surface area contributed by atoms with Crippen molar-refractivity contribution in [3.63, 3.8) is 0 Å². The van der Waals surface area contributed by atoms with Crippen LogP contribution in [0.1, 0.15) is 53.4 Å². The zero-order valence-corrected chi connectivity index (χ0v) is 12.3. The number of amides is 1. The van der Waals surface area contributed by atoms with Crippen LogP contribution in [0.5, 0.6) is 0 Å². The number of carbonyl (C=O) groups is 2. The van der Waals surface area contributed by atoms with E-state index < -0.39 is 23.1 Å². The molecule has 1 unspecified atom stereocenters. The largest absolute Gasteiger partial charge is 0.481 e. The molecule has 0 spiro atoms. The topological polar surface area (TPSA) is 75.6 Å². The highest BCUT2D eigenvalue weighted by atomic mass is 16.6. The van der Waals surface area contributed by atoms with Gasteiger partial charge in [-0.2, -0.15) is 0 Å². The van der Waals surface area contributed by atoms with E-state index in [0.717, 1.165) is 19.3 Å². The lowest BCUT2D eigenvalue weighted by Gasteiger charge is -2.30. The van der Waals surface area contributed by atoms with Crippen molar-refractivity contribution in [1.82, 2.24) is 5.32 Å². The fraction of sp³-hybridized carbons (Fsp3) is 0.857. The minimum atomic E-state index is -0.828. The van der Waals surface area contributed by atoms with Crippen molar-refractivity contribution in [2.24, 2.45) is 11.3 Å². The van der Waals surface area contributed by atoms with Gasteiger partial charge < -0.3 is 15.2 Å². The second-order valence-electron chi connectivity index (χ2n) is 6.34. The van der Waals surface area contributed by atoms with E-state index in [1.54, 1.807) is 20.8 Å². The average molecular weight is 271 g/mol. The van der Waals surface area contributed by atoms with Gasteiger partial charge in [-0.3, -0.25) is 4.79 Å². The maximum absolute atomic E-state index is 11.6. The number of carbonyl (C=O) groups excluding carboxylic acids is 1. The minimum Gasteiger partial charge on any atom is -0.481 e. The van der Waals surface area contributed by atoms with E-state index in [0.29, 0.717) is 6.42 Å². The van der Waals surface area contributed by atoms with Gasteiger partial charge in [0.1, 0.15) is 5.60 Å². The summed E-state index contributed by atoms with van der Waals surface area (Å²) in [5, 5.41) is 12.1. The summed E-state index contributed by atoms with van der Waals surface area (Å²) in [6, 6.07) is 0. The van der Waals surface area contributed by atoms with Gasteiger partial charge in [0.05, 0.1) is 5.41 Å². The smallest absolute Gasteiger partial charge is 0.407 e. The lowest BCUT2D eigenvalue weighted by atomic mass is 9.78. The summed E-state index contributed by atoms with van der Waals surface area (Å²) < 4.78 is 5.15. The Bertz CT molecular complexity index is 344. The number of carboxylic acids is 1. The number of hydrogen-bond donors (Lipinski definition) is 2. The average Bonchev–Trinajstić information content (AvgIpc) is 3.05. The zero-order chi connectivity index (χ0) is 14.7. The molecule has 1 fully saturated rings. The Morgan fingerprint density at radius 1 is 1.32 bits per heavy atom. The molecule has 1 aliphatic rings. The van der Waals surface area contributed by atoms with E-state index in [1.165, 1.54) is 0 Å². The number of alkyl carbamates (subject to hydrolysis) is 1. The molecular weight excluding hydrogens is 246 g/mol. The van der Waals surface area contributed by atoms with Crippen LogP contribution < -0.4 is 5.32 Å². The number of hydrogen-bond acceptors (Lipinski definition) is 3. The summed E-state index contributed by atoms with van der Waals surface area (Å²) >= 11 is 0. The predicted octanol–water partition coefficient (Wildman–Crippen LogP) is 2.79. The van der Waals surface area contributed by atoms with Crippen molar-refractivity contribution < 1.29 is 19.4 Å². The molecule has 1 rings (SSSR count). The molecule has 0 aliphatic heterocycles. The molecule has 0 aromatic heterocycles. The summed E-state index contributed by atoms with van der Waals surface area (Å²) in [4.78, 5) is 23.2. The van der Waals surface area contributed by atoms with Crippen LogP contribution in [0.15, 0.2) is 0 Å². The van der Waals surface area contributed by atoms with Crippen molar-refractivity contribution in [3.05, 3.63) is 0 Å². The molecule has 2 N–H and O–H groups in total. The van der Waals surface area contributed by atoms with Gasteiger partial charge in [-0.1, -0.05) is 13.3 Å². The van der Waals surface area contributed by atoms with Gasteiger partial charge in [0.2, 0.25) is 0 Å². The molecule has 19 heavy (non-hydrogen) atoms. The number of aliphatic carboxylic acids is 1. The van der Waals surface area contributed by atoms with Crippen molar-refractivity contribution in [1.29, 1.82) is 0 Å². The van der Waals surface area contributed by atoms with Crippen LogP contribution >= 0.6 is 0 Å². The normalized spacial score (nSPS) is 18.5. The molecule has 110 valence electrons. The zero-order valence-electron chi connectivity index (χ0n) is 12.3. The Morgan fingerprint density at radius 2 is 1.89 bits per heavy atom. The van der Waals surface area contributed by atoms with Crippen LogP contribution in [-0.4, -0.2) is 29.3 Å². The molecule has 0 bridgehead atoms. The maximum Gasteiger partial charge on any atom is 0.407 e. The van der Waals surface area contributed by atoms with E-state index in [4.69, 9.17) is 4.74 Å². The Labute approximate surface area is 114 Å². The summed E-state index contributed by atoms with van der Waals surface area (Å²) in [6.07, 6.45) is 2.70. The SMILES string of the molecule is CCCC(CNC(=O)OC(C)(C)C)(C(=O)O)C1CC1. The monoisotopic (exact) mass is 271 g/mol. The first kappa shape index (κ1) is 15.8. The third kappa shape index (κ3) is 4.40. The molecular formula is C14H25NO4. The third-order valence-electron chi connectivity index (χ3n) is 3.43. The molecule has 0 heterocycles.